The highest BCUT2D eigenvalue weighted by Gasteiger charge is 2.17. The molecule has 1 aliphatic rings. The summed E-state index contributed by atoms with van der Waals surface area (Å²) in [5.41, 5.74) is 1.23. The first kappa shape index (κ1) is 13.6. The molecule has 1 saturated heterocycles. The van der Waals surface area contributed by atoms with E-state index in [9.17, 15) is 4.79 Å². The van der Waals surface area contributed by atoms with Crippen LogP contribution in [0.15, 0.2) is 28.7 Å². The quantitative estimate of drug-likeness (QED) is 0.876. The summed E-state index contributed by atoms with van der Waals surface area (Å²) in [6, 6.07) is 8.50. The first-order valence-corrected chi connectivity index (χ1v) is 7.28. The fourth-order valence-corrected chi connectivity index (χ4v) is 2.75. The lowest BCUT2D eigenvalue weighted by molar-refractivity contribution is -0.121. The molecular formula is C14H19BrN2O. The van der Waals surface area contributed by atoms with E-state index in [0.717, 1.165) is 23.9 Å². The molecule has 1 aromatic rings. The number of carbonyl (C=O) groups is 1. The van der Waals surface area contributed by atoms with Crippen LogP contribution in [0.4, 0.5) is 0 Å². The summed E-state index contributed by atoms with van der Waals surface area (Å²) in [7, 11) is 0. The van der Waals surface area contributed by atoms with Crippen LogP contribution in [0, 0.1) is 0 Å². The van der Waals surface area contributed by atoms with Gasteiger partial charge in [-0.15, -0.1) is 0 Å². The van der Waals surface area contributed by atoms with Crippen LogP contribution in [0.5, 0.6) is 0 Å². The van der Waals surface area contributed by atoms with Crippen LogP contribution in [-0.4, -0.2) is 25.0 Å². The van der Waals surface area contributed by atoms with Crippen LogP contribution in [-0.2, 0) is 11.2 Å². The predicted molar refractivity (Wildman–Crippen MR) is 76.5 cm³/mol. The number of carbonyl (C=O) groups excluding carboxylic acids is 1. The minimum atomic E-state index is 0.154. The molecule has 0 saturated carbocycles. The third-order valence-corrected chi connectivity index (χ3v) is 4.04. The number of halogens is 1. The first-order valence-electron chi connectivity index (χ1n) is 6.49. The lowest BCUT2D eigenvalue weighted by Gasteiger charge is -2.10. The molecule has 18 heavy (non-hydrogen) atoms. The second-order valence-electron chi connectivity index (χ2n) is 4.69. The molecule has 1 atom stereocenters. The Hall–Kier alpha value is -0.870. The lowest BCUT2D eigenvalue weighted by atomic mass is 10.1. The zero-order valence-electron chi connectivity index (χ0n) is 10.4. The topological polar surface area (TPSA) is 41.1 Å². The number of hydrogen-bond acceptors (Lipinski definition) is 2. The Bertz CT molecular complexity index is 403. The minimum absolute atomic E-state index is 0.154. The van der Waals surface area contributed by atoms with Crippen molar-refractivity contribution in [2.45, 2.75) is 31.7 Å². The second kappa shape index (κ2) is 6.90. The maximum absolute atomic E-state index is 11.7. The van der Waals surface area contributed by atoms with Gasteiger partial charge in [-0.25, -0.2) is 0 Å². The molecule has 1 unspecified atom stereocenters. The Morgan fingerprint density at radius 2 is 2.28 bits per heavy atom. The summed E-state index contributed by atoms with van der Waals surface area (Å²) in [6.07, 6.45) is 3.79. The fraction of sp³-hybridized carbons (Fsp3) is 0.500. The number of hydrogen-bond donors (Lipinski definition) is 2. The van der Waals surface area contributed by atoms with Gasteiger partial charge in [0, 0.05) is 23.5 Å². The van der Waals surface area contributed by atoms with Crippen LogP contribution in [0.3, 0.4) is 0 Å². The van der Waals surface area contributed by atoms with Crippen molar-refractivity contribution in [3.63, 3.8) is 0 Å². The van der Waals surface area contributed by atoms with Gasteiger partial charge < -0.3 is 10.6 Å². The SMILES string of the molecule is O=C(CC1CCCN1)NCCc1ccccc1Br. The second-order valence-corrected chi connectivity index (χ2v) is 5.54. The van der Waals surface area contributed by atoms with Gasteiger partial charge in [-0.2, -0.15) is 0 Å². The molecule has 2 N–H and O–H groups in total. The predicted octanol–water partition coefficient (Wildman–Crippen LogP) is 2.25. The molecule has 0 radical (unpaired) electrons. The highest BCUT2D eigenvalue weighted by Crippen LogP contribution is 2.15. The third kappa shape index (κ3) is 4.10. The van der Waals surface area contributed by atoms with Gasteiger partial charge in [-0.05, 0) is 37.4 Å². The smallest absolute Gasteiger partial charge is 0.221 e. The number of benzene rings is 1. The molecule has 2 rings (SSSR count). The standard InChI is InChI=1S/C14H19BrN2O/c15-13-6-2-1-4-11(13)7-9-17-14(18)10-12-5-3-8-16-12/h1-2,4,6,12,16H,3,5,7-10H2,(H,17,18). The summed E-state index contributed by atoms with van der Waals surface area (Å²) in [5.74, 6) is 0.154. The lowest BCUT2D eigenvalue weighted by Crippen LogP contribution is -2.32. The summed E-state index contributed by atoms with van der Waals surface area (Å²) >= 11 is 3.51. The number of amides is 1. The van der Waals surface area contributed by atoms with E-state index in [-0.39, 0.29) is 5.91 Å². The highest BCUT2D eigenvalue weighted by molar-refractivity contribution is 9.10. The van der Waals surface area contributed by atoms with E-state index in [1.807, 2.05) is 18.2 Å². The molecule has 0 spiro atoms. The van der Waals surface area contributed by atoms with Gasteiger partial charge in [0.25, 0.3) is 0 Å². The number of nitrogens with one attached hydrogen (secondary N) is 2. The van der Waals surface area contributed by atoms with Gasteiger partial charge in [0.2, 0.25) is 5.91 Å². The monoisotopic (exact) mass is 310 g/mol. The molecule has 3 nitrogen and oxygen atoms in total. The third-order valence-electron chi connectivity index (χ3n) is 3.27. The van der Waals surface area contributed by atoms with E-state index in [2.05, 4.69) is 32.6 Å². The Balaban J connectivity index is 1.68. The minimum Gasteiger partial charge on any atom is -0.356 e. The van der Waals surface area contributed by atoms with Crippen molar-refractivity contribution in [3.8, 4) is 0 Å². The summed E-state index contributed by atoms with van der Waals surface area (Å²) in [6.45, 7) is 1.75. The average Bonchev–Trinajstić information content (AvgIpc) is 2.84. The molecule has 0 aromatic heterocycles. The average molecular weight is 311 g/mol. The molecule has 4 heteroatoms. The van der Waals surface area contributed by atoms with Crippen LogP contribution in [0.2, 0.25) is 0 Å². The van der Waals surface area contributed by atoms with Crippen LogP contribution in [0.1, 0.15) is 24.8 Å². The molecule has 98 valence electrons. The van der Waals surface area contributed by atoms with E-state index in [0.29, 0.717) is 19.0 Å². The van der Waals surface area contributed by atoms with E-state index in [4.69, 9.17) is 0 Å². The normalized spacial score (nSPS) is 18.8. The van der Waals surface area contributed by atoms with Crippen LogP contribution >= 0.6 is 15.9 Å². The molecule has 1 heterocycles. The van der Waals surface area contributed by atoms with E-state index in [1.165, 1.54) is 12.0 Å². The molecule has 1 aliphatic heterocycles. The van der Waals surface area contributed by atoms with Crippen molar-refractivity contribution < 1.29 is 4.79 Å². The van der Waals surface area contributed by atoms with Crippen molar-refractivity contribution in [3.05, 3.63) is 34.3 Å². The van der Waals surface area contributed by atoms with Gasteiger partial charge in [0.1, 0.15) is 0 Å². The van der Waals surface area contributed by atoms with Gasteiger partial charge in [0.05, 0.1) is 0 Å². The molecular weight excluding hydrogens is 292 g/mol. The van der Waals surface area contributed by atoms with E-state index in [1.54, 1.807) is 0 Å². The van der Waals surface area contributed by atoms with Crippen molar-refractivity contribution in [2.24, 2.45) is 0 Å². The van der Waals surface area contributed by atoms with E-state index < -0.39 is 0 Å². The first-order chi connectivity index (χ1) is 8.75. The summed E-state index contributed by atoms with van der Waals surface area (Å²) < 4.78 is 1.11. The van der Waals surface area contributed by atoms with Gasteiger partial charge in [-0.3, -0.25) is 4.79 Å². The summed E-state index contributed by atoms with van der Waals surface area (Å²) in [5, 5.41) is 6.32. The Kier molecular flexibility index (Phi) is 5.20. The molecule has 1 fully saturated rings. The molecule has 0 bridgehead atoms. The largest absolute Gasteiger partial charge is 0.356 e. The Labute approximate surface area is 116 Å². The van der Waals surface area contributed by atoms with Gasteiger partial charge >= 0.3 is 0 Å². The van der Waals surface area contributed by atoms with Crippen molar-refractivity contribution in [1.29, 1.82) is 0 Å². The number of rotatable bonds is 5. The van der Waals surface area contributed by atoms with Crippen molar-refractivity contribution in [1.82, 2.24) is 10.6 Å². The van der Waals surface area contributed by atoms with Crippen LogP contribution in [0.25, 0.3) is 0 Å². The van der Waals surface area contributed by atoms with E-state index >= 15 is 0 Å². The van der Waals surface area contributed by atoms with Crippen LogP contribution < -0.4 is 10.6 Å². The van der Waals surface area contributed by atoms with Gasteiger partial charge in [0.15, 0.2) is 0 Å². The maximum atomic E-state index is 11.7. The van der Waals surface area contributed by atoms with Crippen molar-refractivity contribution in [2.75, 3.05) is 13.1 Å². The molecule has 1 amide bonds. The molecule has 1 aromatic carbocycles. The Morgan fingerprint density at radius 3 is 3.00 bits per heavy atom. The summed E-state index contributed by atoms with van der Waals surface area (Å²) in [4.78, 5) is 11.7. The zero-order valence-corrected chi connectivity index (χ0v) is 12.0. The van der Waals surface area contributed by atoms with Crippen molar-refractivity contribution >= 4 is 21.8 Å². The van der Waals surface area contributed by atoms with Gasteiger partial charge in [-0.1, -0.05) is 34.1 Å². The highest BCUT2D eigenvalue weighted by atomic mass is 79.9. The maximum Gasteiger partial charge on any atom is 0.221 e. The fourth-order valence-electron chi connectivity index (χ4n) is 2.26. The Morgan fingerprint density at radius 1 is 1.44 bits per heavy atom. The molecule has 0 aliphatic carbocycles. The zero-order chi connectivity index (χ0) is 12.8.